The topological polar surface area (TPSA) is 96.9 Å². The molecule has 0 N–H and O–H groups in total. The molecule has 0 fully saturated rings. The van der Waals surface area contributed by atoms with Crippen molar-refractivity contribution in [3.8, 4) is 28.6 Å². The molecule has 1 amide bonds. The van der Waals surface area contributed by atoms with Gasteiger partial charge in [0.2, 0.25) is 0 Å². The number of alkyl halides is 3. The zero-order valence-electron chi connectivity index (χ0n) is 19.7. The molecule has 4 aromatic rings. The van der Waals surface area contributed by atoms with Gasteiger partial charge >= 0.3 is 6.18 Å². The summed E-state index contributed by atoms with van der Waals surface area (Å²) in [6.45, 7) is -0.179. The number of benzene rings is 2. The van der Waals surface area contributed by atoms with Gasteiger partial charge in [0.15, 0.2) is 5.82 Å². The summed E-state index contributed by atoms with van der Waals surface area (Å²) in [5.74, 6) is 0.143. The van der Waals surface area contributed by atoms with Crippen molar-refractivity contribution in [2.75, 3.05) is 12.0 Å². The van der Waals surface area contributed by atoms with Crippen molar-refractivity contribution >= 4 is 11.7 Å². The van der Waals surface area contributed by atoms with Crippen LogP contribution in [-0.4, -0.2) is 32.8 Å². The number of nitrogens with zero attached hydrogens (tertiary/aromatic N) is 6. The third-order valence-electron chi connectivity index (χ3n) is 6.12. The van der Waals surface area contributed by atoms with Gasteiger partial charge < -0.3 is 9.30 Å². The van der Waals surface area contributed by atoms with E-state index in [0.717, 1.165) is 6.07 Å². The van der Waals surface area contributed by atoms with Gasteiger partial charge in [0.05, 0.1) is 36.0 Å². The van der Waals surface area contributed by atoms with Gasteiger partial charge in [-0.25, -0.2) is 4.98 Å². The number of aryl methyl sites for hydroxylation is 1. The maximum Gasteiger partial charge on any atom is 0.416 e. The number of carbonyl (C=O) groups excluding carboxylic acids is 1. The maximum absolute atomic E-state index is 13.6. The SMILES string of the molecule is COCc1cc(-c2cc(C#N)ccc2-c2nncn2C)cc(N2Cc3c(cccc3C(F)(F)F)C2=O)n1. The van der Waals surface area contributed by atoms with Crippen LogP contribution >= 0.6 is 0 Å². The Hall–Kier alpha value is -4.56. The number of methoxy groups -OCH3 is 1. The minimum Gasteiger partial charge on any atom is -0.378 e. The van der Waals surface area contributed by atoms with E-state index in [0.29, 0.717) is 33.8 Å². The van der Waals surface area contributed by atoms with E-state index in [1.165, 1.54) is 24.1 Å². The third kappa shape index (κ3) is 4.32. The quantitative estimate of drug-likeness (QED) is 0.390. The highest BCUT2D eigenvalue weighted by atomic mass is 19.4. The van der Waals surface area contributed by atoms with Crippen LogP contribution in [0.25, 0.3) is 22.5 Å². The van der Waals surface area contributed by atoms with E-state index in [4.69, 9.17) is 4.74 Å². The van der Waals surface area contributed by atoms with Crippen LogP contribution < -0.4 is 4.90 Å². The first-order chi connectivity index (χ1) is 17.7. The van der Waals surface area contributed by atoms with Crippen LogP contribution in [-0.2, 0) is 31.1 Å². The van der Waals surface area contributed by atoms with Crippen LogP contribution in [0.5, 0.6) is 0 Å². The van der Waals surface area contributed by atoms with Crippen molar-refractivity contribution in [2.24, 2.45) is 7.05 Å². The van der Waals surface area contributed by atoms with E-state index < -0.39 is 17.6 Å². The highest BCUT2D eigenvalue weighted by molar-refractivity contribution is 6.10. The number of aromatic nitrogens is 4. The summed E-state index contributed by atoms with van der Waals surface area (Å²) in [5.41, 5.74) is 1.79. The van der Waals surface area contributed by atoms with Gasteiger partial charge in [0, 0.05) is 25.3 Å². The molecule has 0 atom stereocenters. The molecule has 0 saturated heterocycles. The summed E-state index contributed by atoms with van der Waals surface area (Å²) in [4.78, 5) is 18.9. The third-order valence-corrected chi connectivity index (χ3v) is 6.12. The van der Waals surface area contributed by atoms with Crippen LogP contribution in [0.3, 0.4) is 0 Å². The van der Waals surface area contributed by atoms with Crippen LogP contribution in [0.4, 0.5) is 19.0 Å². The maximum atomic E-state index is 13.6. The van der Waals surface area contributed by atoms with Crippen molar-refractivity contribution < 1.29 is 22.7 Å². The minimum atomic E-state index is -4.60. The van der Waals surface area contributed by atoms with Crippen LogP contribution in [0.2, 0.25) is 0 Å². The Balaban J connectivity index is 1.67. The lowest BCUT2D eigenvalue weighted by atomic mass is 9.96. The fraction of sp³-hybridized carbons (Fsp3) is 0.192. The fourth-order valence-corrected chi connectivity index (χ4v) is 4.45. The lowest BCUT2D eigenvalue weighted by Crippen LogP contribution is -2.24. The van der Waals surface area contributed by atoms with Gasteiger partial charge in [0.25, 0.3) is 5.91 Å². The summed E-state index contributed by atoms with van der Waals surface area (Å²) >= 11 is 0. The van der Waals surface area contributed by atoms with E-state index in [1.807, 2.05) is 0 Å². The second-order valence-corrected chi connectivity index (χ2v) is 8.50. The molecule has 3 heterocycles. The van der Waals surface area contributed by atoms with Gasteiger partial charge in [-0.15, -0.1) is 10.2 Å². The van der Waals surface area contributed by atoms with Gasteiger partial charge in [-0.3, -0.25) is 9.69 Å². The lowest BCUT2D eigenvalue weighted by molar-refractivity contribution is -0.138. The molecule has 0 aliphatic carbocycles. The average molecular weight is 504 g/mol. The van der Waals surface area contributed by atoms with E-state index in [1.54, 1.807) is 48.3 Å². The zero-order valence-corrected chi connectivity index (χ0v) is 19.7. The molecule has 2 aromatic carbocycles. The number of ether oxygens (including phenoxy) is 1. The Kier molecular flexibility index (Phi) is 5.97. The Morgan fingerprint density at radius 3 is 2.59 bits per heavy atom. The molecule has 2 aromatic heterocycles. The summed E-state index contributed by atoms with van der Waals surface area (Å²) in [6, 6.07) is 14.2. The first-order valence-electron chi connectivity index (χ1n) is 11.1. The van der Waals surface area contributed by atoms with Gasteiger partial charge in [-0.2, -0.15) is 18.4 Å². The molecular formula is C26H19F3N6O2. The molecular weight excluding hydrogens is 485 g/mol. The normalized spacial score (nSPS) is 13.1. The highest BCUT2D eigenvalue weighted by Crippen LogP contribution is 2.39. The van der Waals surface area contributed by atoms with Crippen molar-refractivity contribution in [1.29, 1.82) is 5.26 Å². The first kappa shape index (κ1) is 24.1. The van der Waals surface area contributed by atoms with E-state index in [-0.39, 0.29) is 30.1 Å². The molecule has 186 valence electrons. The zero-order chi connectivity index (χ0) is 26.3. The molecule has 11 heteroatoms. The van der Waals surface area contributed by atoms with E-state index in [9.17, 15) is 23.2 Å². The molecule has 5 rings (SSSR count). The number of pyridine rings is 1. The molecule has 0 saturated carbocycles. The molecule has 1 aliphatic rings. The number of rotatable bonds is 5. The molecule has 0 bridgehead atoms. The van der Waals surface area contributed by atoms with Gasteiger partial charge in [0.1, 0.15) is 12.1 Å². The minimum absolute atomic E-state index is 0.0124. The van der Waals surface area contributed by atoms with Crippen molar-refractivity contribution in [3.05, 3.63) is 82.8 Å². The number of nitriles is 1. The van der Waals surface area contributed by atoms with Crippen LogP contribution in [0.1, 0.15) is 32.7 Å². The molecule has 0 unspecified atom stereocenters. The van der Waals surface area contributed by atoms with Crippen LogP contribution in [0, 0.1) is 11.3 Å². The number of anilines is 1. The van der Waals surface area contributed by atoms with E-state index >= 15 is 0 Å². The monoisotopic (exact) mass is 504 g/mol. The summed E-state index contributed by atoms with van der Waals surface area (Å²) in [5, 5.41) is 17.6. The molecule has 0 radical (unpaired) electrons. The molecule has 0 spiro atoms. The predicted molar refractivity (Wildman–Crippen MR) is 127 cm³/mol. The lowest BCUT2D eigenvalue weighted by Gasteiger charge is -2.19. The Morgan fingerprint density at radius 2 is 1.92 bits per heavy atom. The second kappa shape index (κ2) is 9.15. The van der Waals surface area contributed by atoms with Gasteiger partial charge in [-0.1, -0.05) is 6.07 Å². The Bertz CT molecular complexity index is 1570. The number of carbonyl (C=O) groups is 1. The largest absolute Gasteiger partial charge is 0.416 e. The number of hydrogen-bond acceptors (Lipinski definition) is 6. The second-order valence-electron chi connectivity index (χ2n) is 8.50. The summed E-state index contributed by atoms with van der Waals surface area (Å²) < 4.78 is 47.9. The Morgan fingerprint density at radius 1 is 1.11 bits per heavy atom. The summed E-state index contributed by atoms with van der Waals surface area (Å²) in [6.07, 6.45) is -3.05. The predicted octanol–water partition coefficient (Wildman–Crippen LogP) is 4.74. The van der Waals surface area contributed by atoms with Gasteiger partial charge in [-0.05, 0) is 59.2 Å². The molecule has 8 nitrogen and oxygen atoms in total. The standard InChI is InChI=1S/C26H19F3N6O2/c1-34-14-31-33-24(34)18-7-6-15(11-30)8-20(18)16-9-17(13-37-2)32-23(10-16)35-12-21-19(25(35)36)4-3-5-22(21)26(27,28)29/h3-10,14H,12-13H2,1-2H3. The van der Waals surface area contributed by atoms with E-state index in [2.05, 4.69) is 21.3 Å². The number of hydrogen-bond donors (Lipinski definition) is 0. The van der Waals surface area contributed by atoms with Crippen molar-refractivity contribution in [2.45, 2.75) is 19.3 Å². The number of fused-ring (bicyclic) bond motifs is 1. The van der Waals surface area contributed by atoms with Crippen molar-refractivity contribution in [1.82, 2.24) is 19.7 Å². The first-order valence-corrected chi connectivity index (χ1v) is 11.1. The summed E-state index contributed by atoms with van der Waals surface area (Å²) in [7, 11) is 3.27. The smallest absolute Gasteiger partial charge is 0.378 e. The van der Waals surface area contributed by atoms with Crippen LogP contribution in [0.15, 0.2) is 54.9 Å². The Labute approximate surface area is 209 Å². The fourth-order valence-electron chi connectivity index (χ4n) is 4.45. The number of amides is 1. The highest BCUT2D eigenvalue weighted by Gasteiger charge is 2.40. The molecule has 1 aliphatic heterocycles. The number of halogens is 3. The average Bonchev–Trinajstić information content (AvgIpc) is 3.46. The molecule has 37 heavy (non-hydrogen) atoms. The van der Waals surface area contributed by atoms with Crippen molar-refractivity contribution in [3.63, 3.8) is 0 Å².